The molecule has 28 nitrogen and oxygen atoms in total. The van der Waals surface area contributed by atoms with Gasteiger partial charge in [-0.3, -0.25) is 47.9 Å². The quantitative estimate of drug-likeness (QED) is 0.0281. The smallest absolute Gasteiger partial charge is 0.305 e. The first-order valence-electron chi connectivity index (χ1n) is 21.7. The van der Waals surface area contributed by atoms with E-state index in [1.165, 1.54) is 27.0 Å². The van der Waals surface area contributed by atoms with Crippen molar-refractivity contribution in [3.8, 4) is 0 Å². The Balaban J connectivity index is 2.92. The Morgan fingerprint density at radius 3 is 1.75 bits per heavy atom. The number of hydrogen-bond donors (Lipinski definition) is 10. The first-order valence-corrected chi connectivity index (χ1v) is 21.7. The maximum absolute atomic E-state index is 13.6. The van der Waals surface area contributed by atoms with Gasteiger partial charge in [-0.05, 0) is 19.3 Å². The van der Waals surface area contributed by atoms with E-state index in [4.69, 9.17) is 23.7 Å². The van der Waals surface area contributed by atoms with Gasteiger partial charge < -0.3 is 76.2 Å². The molecule has 0 aliphatic rings. The molecule has 0 spiro atoms. The predicted octanol–water partition coefficient (Wildman–Crippen LogP) is -4.00. The summed E-state index contributed by atoms with van der Waals surface area (Å²) < 4.78 is 39.4. The van der Waals surface area contributed by atoms with Crippen molar-refractivity contribution in [2.45, 2.75) is 96.2 Å². The van der Waals surface area contributed by atoms with Crippen LogP contribution in [-0.2, 0) is 84.8 Å². The van der Waals surface area contributed by atoms with Crippen LogP contribution in [0.1, 0.15) is 58.6 Å². The predicted molar refractivity (Wildman–Crippen MR) is 232 cm³/mol. The summed E-state index contributed by atoms with van der Waals surface area (Å²) in [4.78, 5) is 126. The van der Waals surface area contributed by atoms with Crippen molar-refractivity contribution < 1.29 is 91.3 Å². The Labute approximate surface area is 396 Å². The van der Waals surface area contributed by atoms with Crippen LogP contribution in [0.15, 0.2) is 6.20 Å². The van der Waals surface area contributed by atoms with Gasteiger partial charge in [0.2, 0.25) is 41.4 Å². The van der Waals surface area contributed by atoms with Crippen LogP contribution in [0.25, 0.3) is 0 Å². The van der Waals surface area contributed by atoms with E-state index in [0.29, 0.717) is 26.4 Å². The molecule has 0 bridgehead atoms. The lowest BCUT2D eigenvalue weighted by Crippen LogP contribution is -2.60. The molecule has 0 aliphatic carbocycles. The summed E-state index contributed by atoms with van der Waals surface area (Å²) in [7, 11) is 1.56. The van der Waals surface area contributed by atoms with Crippen molar-refractivity contribution in [3.05, 3.63) is 11.9 Å². The Morgan fingerprint density at radius 2 is 1.17 bits per heavy atom. The fourth-order valence-corrected chi connectivity index (χ4v) is 5.58. The number of alkyl halides is 1. The van der Waals surface area contributed by atoms with E-state index < -0.39 is 134 Å². The average molecular weight is 993 g/mol. The molecular formula is C40H65FN10O18. The summed E-state index contributed by atoms with van der Waals surface area (Å²) in [5.74, 6) is -11.8. The molecule has 0 saturated carbocycles. The van der Waals surface area contributed by atoms with Crippen molar-refractivity contribution in [1.29, 1.82) is 0 Å². The van der Waals surface area contributed by atoms with Gasteiger partial charge in [-0.25, -0.2) is 9.07 Å². The van der Waals surface area contributed by atoms with Gasteiger partial charge in [-0.15, -0.1) is 5.10 Å². The number of carboxylic acid groups (broad SMARTS) is 3. The van der Waals surface area contributed by atoms with Crippen molar-refractivity contribution >= 4 is 59.3 Å². The topological polar surface area (TPSA) is 392 Å². The van der Waals surface area contributed by atoms with Gasteiger partial charge in [0.05, 0.1) is 78.5 Å². The fourth-order valence-electron chi connectivity index (χ4n) is 5.58. The van der Waals surface area contributed by atoms with E-state index in [1.54, 1.807) is 7.11 Å². The first kappa shape index (κ1) is 60.6. The molecule has 0 aromatic carbocycles. The molecule has 5 atom stereocenters. The summed E-state index contributed by atoms with van der Waals surface area (Å²) in [6.07, 6.45) is -2.01. The van der Waals surface area contributed by atoms with Crippen LogP contribution in [0.2, 0.25) is 0 Å². The number of ether oxygens (including phenoxy) is 5. The summed E-state index contributed by atoms with van der Waals surface area (Å²) in [6.45, 7) is 4.93. The second-order valence-electron chi connectivity index (χ2n) is 15.2. The Morgan fingerprint density at radius 1 is 0.609 bits per heavy atom. The van der Waals surface area contributed by atoms with E-state index in [-0.39, 0.29) is 58.2 Å². The van der Waals surface area contributed by atoms with Crippen LogP contribution in [-0.4, -0.2) is 200 Å². The summed E-state index contributed by atoms with van der Waals surface area (Å²) in [5.41, 5.74) is 0.232. The van der Waals surface area contributed by atoms with Crippen molar-refractivity contribution in [2.24, 2.45) is 5.92 Å². The minimum atomic E-state index is -1.82. The highest BCUT2D eigenvalue weighted by molar-refractivity contribution is 5.98. The van der Waals surface area contributed by atoms with Crippen molar-refractivity contribution in [1.82, 2.24) is 52.2 Å². The summed E-state index contributed by atoms with van der Waals surface area (Å²) in [5, 5.41) is 52.2. The molecule has 1 aromatic rings. The zero-order valence-corrected chi connectivity index (χ0v) is 39.0. The lowest BCUT2D eigenvalue weighted by molar-refractivity contribution is -0.142. The van der Waals surface area contributed by atoms with Crippen LogP contribution >= 0.6 is 0 Å². The first-order chi connectivity index (χ1) is 32.8. The largest absolute Gasteiger partial charge is 0.481 e. The van der Waals surface area contributed by atoms with Crippen molar-refractivity contribution in [2.75, 3.05) is 79.7 Å². The van der Waals surface area contributed by atoms with Crippen molar-refractivity contribution in [3.63, 3.8) is 0 Å². The van der Waals surface area contributed by atoms with Crippen LogP contribution < -0.4 is 37.2 Å². The lowest BCUT2D eigenvalue weighted by Gasteiger charge is -2.28. The highest BCUT2D eigenvalue weighted by Gasteiger charge is 2.34. The molecule has 0 unspecified atom stereocenters. The van der Waals surface area contributed by atoms with Gasteiger partial charge in [0.25, 0.3) is 0 Å². The average Bonchev–Trinajstić information content (AvgIpc) is 3.73. The Bertz CT molecular complexity index is 1820. The molecule has 29 heteroatoms. The highest BCUT2D eigenvalue weighted by atomic mass is 19.1. The molecule has 0 saturated heterocycles. The second-order valence-corrected chi connectivity index (χ2v) is 15.2. The molecule has 10 N–H and O–H groups in total. The molecule has 390 valence electrons. The number of carbonyl (C=O) groups excluding carboxylic acids is 7. The number of aliphatic carboxylic acids is 3. The minimum Gasteiger partial charge on any atom is -0.481 e. The SMILES string of the molecule is COCCOCCOCCOCCNC(=O)[C@H](C)NC(=O)[C@H](CC(=O)O)NC(=O)[C@@H](NC(=O)[C@H](CCC(=O)O)NC(=O)[C@H](CC(=O)O)NC(=O)Cn1cc(COCCC(=O)NCCF)nn1)C(C)C. The molecule has 1 aromatic heterocycles. The third-order valence-corrected chi connectivity index (χ3v) is 9.07. The highest BCUT2D eigenvalue weighted by Crippen LogP contribution is 2.08. The number of amides is 7. The van der Waals surface area contributed by atoms with Crippen LogP contribution in [0, 0.1) is 5.92 Å². The number of nitrogens with one attached hydrogen (secondary N) is 7. The second kappa shape index (κ2) is 34.8. The molecule has 69 heavy (non-hydrogen) atoms. The number of hydrogen-bond acceptors (Lipinski definition) is 17. The van der Waals surface area contributed by atoms with Crippen LogP contribution in [0.5, 0.6) is 0 Å². The number of carbonyl (C=O) groups is 10. The van der Waals surface area contributed by atoms with Crippen LogP contribution in [0.3, 0.4) is 0 Å². The number of nitrogens with zero attached hydrogens (tertiary/aromatic N) is 3. The molecule has 0 radical (unpaired) electrons. The number of carboxylic acids is 3. The molecular weight excluding hydrogens is 927 g/mol. The van der Waals surface area contributed by atoms with Gasteiger partial charge in [-0.1, -0.05) is 19.1 Å². The number of aromatic nitrogens is 3. The Hall–Kier alpha value is -6.43. The van der Waals surface area contributed by atoms with E-state index in [1.807, 2.05) is 0 Å². The maximum Gasteiger partial charge on any atom is 0.305 e. The molecule has 0 aliphatic heterocycles. The minimum absolute atomic E-state index is 0.0346. The zero-order chi connectivity index (χ0) is 51.7. The normalized spacial score (nSPS) is 13.2. The summed E-state index contributed by atoms with van der Waals surface area (Å²) in [6, 6.07) is -8.08. The van der Waals surface area contributed by atoms with E-state index in [9.17, 15) is 67.7 Å². The summed E-state index contributed by atoms with van der Waals surface area (Å²) >= 11 is 0. The van der Waals surface area contributed by atoms with Crippen LogP contribution in [0.4, 0.5) is 4.39 Å². The van der Waals surface area contributed by atoms with Gasteiger partial charge in [0.1, 0.15) is 49.1 Å². The number of halogens is 1. The van der Waals surface area contributed by atoms with E-state index in [0.717, 1.165) is 4.68 Å². The zero-order valence-electron chi connectivity index (χ0n) is 39.0. The molecule has 1 rings (SSSR count). The Kier molecular flexibility index (Phi) is 30.6. The van der Waals surface area contributed by atoms with Gasteiger partial charge in [-0.2, -0.15) is 0 Å². The van der Waals surface area contributed by atoms with Gasteiger partial charge in [0, 0.05) is 33.0 Å². The number of rotatable bonds is 39. The van der Waals surface area contributed by atoms with E-state index >= 15 is 0 Å². The van der Waals surface area contributed by atoms with Gasteiger partial charge in [0.15, 0.2) is 0 Å². The lowest BCUT2D eigenvalue weighted by atomic mass is 10.0. The standard InChI is InChI=1S/C40H65FN10O18/c1-24(2)35(40(64)47-29(20-34(58)59)38(62)44-25(3)36(60)43-10-12-66-15-16-68-18-17-67-14-13-65-4)48-37(61)27(5-6-32(54)55)46-39(63)28(19-33(56)57)45-31(53)22-51-21-26(49-50-51)23-69-11-7-30(52)42-9-8-41/h21,24-25,27-29,35H,5-20,22-23H2,1-4H3,(H,42,52)(H,43,60)(H,44,62)(H,45,53)(H,46,63)(H,47,64)(H,48,61)(H,54,55)(H,56,57)(H,58,59)/t25-,27-,28-,29-,35-/m0/s1. The molecule has 7 amide bonds. The third-order valence-electron chi connectivity index (χ3n) is 9.07. The van der Waals surface area contributed by atoms with Gasteiger partial charge >= 0.3 is 17.9 Å². The maximum atomic E-state index is 13.6. The monoisotopic (exact) mass is 992 g/mol. The fraction of sp³-hybridized carbons (Fsp3) is 0.700. The molecule has 1 heterocycles. The van der Waals surface area contributed by atoms with E-state index in [2.05, 4.69) is 47.5 Å². The number of methoxy groups -OCH3 is 1. The third kappa shape index (κ3) is 27.9. The molecule has 0 fully saturated rings.